The van der Waals surface area contributed by atoms with Crippen molar-refractivity contribution < 1.29 is 4.42 Å². The molecule has 0 spiro atoms. The molecule has 53 heavy (non-hydrogen) atoms. The van der Waals surface area contributed by atoms with Gasteiger partial charge in [0.05, 0.1) is 16.9 Å². The van der Waals surface area contributed by atoms with Crippen molar-refractivity contribution in [2.24, 2.45) is 0 Å². The fraction of sp³-hybridized carbons (Fsp3) is 0. The van der Waals surface area contributed by atoms with Gasteiger partial charge in [0.2, 0.25) is 0 Å². The van der Waals surface area contributed by atoms with Crippen LogP contribution in [0.25, 0.3) is 72.0 Å². The molecule has 0 unspecified atom stereocenters. The van der Waals surface area contributed by atoms with E-state index in [4.69, 9.17) is 4.42 Å². The van der Waals surface area contributed by atoms with Gasteiger partial charge in [-0.15, -0.1) is 0 Å². The molecule has 0 saturated heterocycles. The second-order valence-electron chi connectivity index (χ2n) is 13.3. The molecule has 8 aromatic carbocycles. The Kier molecular flexibility index (Phi) is 7.47. The van der Waals surface area contributed by atoms with Crippen molar-refractivity contribution in [3.05, 3.63) is 206 Å². The Morgan fingerprint density at radius 1 is 0.358 bits per heavy atom. The highest BCUT2D eigenvalue weighted by Crippen LogP contribution is 2.47. The number of anilines is 3. The molecule has 0 fully saturated rings. The van der Waals surface area contributed by atoms with Gasteiger partial charge in [0.15, 0.2) is 11.2 Å². The average Bonchev–Trinajstić information content (AvgIpc) is 3.78. The highest BCUT2D eigenvalue weighted by atomic mass is 16.3. The third-order valence-electron chi connectivity index (χ3n) is 10.2. The van der Waals surface area contributed by atoms with E-state index in [1.807, 2.05) is 0 Å². The summed E-state index contributed by atoms with van der Waals surface area (Å²) in [4.78, 5) is 2.35. The normalized spacial score (nSPS) is 11.4. The van der Waals surface area contributed by atoms with Gasteiger partial charge < -0.3 is 13.9 Å². The first-order valence-electron chi connectivity index (χ1n) is 18.0. The van der Waals surface area contributed by atoms with Crippen molar-refractivity contribution >= 4 is 50.0 Å². The van der Waals surface area contributed by atoms with Gasteiger partial charge >= 0.3 is 0 Å². The van der Waals surface area contributed by atoms with Gasteiger partial charge in [0.25, 0.3) is 0 Å². The van der Waals surface area contributed by atoms with Gasteiger partial charge in [-0.25, -0.2) is 0 Å². The molecule has 0 atom stereocenters. The first-order valence-corrected chi connectivity index (χ1v) is 18.0. The van der Waals surface area contributed by atoms with Crippen LogP contribution in [0.3, 0.4) is 0 Å². The summed E-state index contributed by atoms with van der Waals surface area (Å²) in [5.41, 5.74) is 15.2. The zero-order valence-corrected chi connectivity index (χ0v) is 28.9. The molecule has 0 aliphatic heterocycles. The fourth-order valence-corrected chi connectivity index (χ4v) is 7.73. The molecular weight excluding hydrogens is 645 g/mol. The SMILES string of the molecule is c1ccc(-c2ccc(-c3ccc(N(c4ccccc4-c4ccccc4)c4cccc5c4oc4c6ccccc6n(-c6ccccc6)c54)cc3)cc2)cc1. The molecule has 0 aliphatic rings. The molecule has 2 aromatic heterocycles. The van der Waals surface area contributed by atoms with Crippen LogP contribution in [0.1, 0.15) is 0 Å². The van der Waals surface area contributed by atoms with Gasteiger partial charge in [-0.05, 0) is 82.4 Å². The maximum Gasteiger partial charge on any atom is 0.161 e. The van der Waals surface area contributed by atoms with Crippen molar-refractivity contribution in [2.75, 3.05) is 4.90 Å². The smallest absolute Gasteiger partial charge is 0.161 e. The van der Waals surface area contributed by atoms with Gasteiger partial charge in [-0.3, -0.25) is 0 Å². The van der Waals surface area contributed by atoms with Crippen molar-refractivity contribution in [1.29, 1.82) is 0 Å². The lowest BCUT2D eigenvalue weighted by Gasteiger charge is -2.28. The maximum absolute atomic E-state index is 7.05. The molecule has 0 aliphatic carbocycles. The Hall–Kier alpha value is -7.10. The molecule has 3 heteroatoms. The summed E-state index contributed by atoms with van der Waals surface area (Å²) in [5, 5.41) is 2.15. The summed E-state index contributed by atoms with van der Waals surface area (Å²) in [5.74, 6) is 0. The second kappa shape index (κ2) is 12.9. The van der Waals surface area contributed by atoms with Crippen LogP contribution in [-0.4, -0.2) is 4.57 Å². The van der Waals surface area contributed by atoms with Crippen LogP contribution < -0.4 is 4.90 Å². The number of nitrogens with zero attached hydrogens (tertiary/aromatic N) is 2. The van der Waals surface area contributed by atoms with Crippen LogP contribution in [0.4, 0.5) is 17.1 Å². The third kappa shape index (κ3) is 5.30. The third-order valence-corrected chi connectivity index (χ3v) is 10.2. The molecule has 0 amide bonds. The lowest BCUT2D eigenvalue weighted by molar-refractivity contribution is 0.673. The summed E-state index contributed by atoms with van der Waals surface area (Å²) in [6.45, 7) is 0. The number of benzene rings is 8. The van der Waals surface area contributed by atoms with E-state index in [-0.39, 0.29) is 0 Å². The van der Waals surface area contributed by atoms with Crippen LogP contribution in [0.15, 0.2) is 211 Å². The predicted molar refractivity (Wildman–Crippen MR) is 222 cm³/mol. The minimum Gasteiger partial charge on any atom is -0.451 e. The Morgan fingerprint density at radius 3 is 1.57 bits per heavy atom. The van der Waals surface area contributed by atoms with Gasteiger partial charge in [-0.1, -0.05) is 152 Å². The highest BCUT2D eigenvalue weighted by Gasteiger charge is 2.25. The zero-order valence-electron chi connectivity index (χ0n) is 28.9. The Balaban J connectivity index is 1.17. The Labute approximate surface area is 308 Å². The van der Waals surface area contributed by atoms with Gasteiger partial charge in [-0.2, -0.15) is 0 Å². The minimum atomic E-state index is 0.844. The number of hydrogen-bond donors (Lipinski definition) is 0. The fourth-order valence-electron chi connectivity index (χ4n) is 7.73. The highest BCUT2D eigenvalue weighted by molar-refractivity contribution is 6.19. The van der Waals surface area contributed by atoms with Crippen LogP contribution in [0.5, 0.6) is 0 Å². The molecule has 3 nitrogen and oxygen atoms in total. The van der Waals surface area contributed by atoms with Crippen LogP contribution in [-0.2, 0) is 0 Å². The Bertz CT molecular complexity index is 2850. The predicted octanol–water partition coefficient (Wildman–Crippen LogP) is 14.0. The summed E-state index contributed by atoms with van der Waals surface area (Å²) >= 11 is 0. The molecule has 10 aromatic rings. The van der Waals surface area contributed by atoms with Crippen molar-refractivity contribution in [1.82, 2.24) is 4.57 Å². The van der Waals surface area contributed by atoms with Crippen LogP contribution >= 0.6 is 0 Å². The first-order chi connectivity index (χ1) is 26.3. The van der Waals surface area contributed by atoms with Crippen molar-refractivity contribution in [3.63, 3.8) is 0 Å². The molecule has 0 N–H and O–H groups in total. The number of hydrogen-bond acceptors (Lipinski definition) is 2. The summed E-state index contributed by atoms with van der Waals surface area (Å²) < 4.78 is 9.38. The van der Waals surface area contributed by atoms with Gasteiger partial charge in [0.1, 0.15) is 5.52 Å². The van der Waals surface area contributed by atoms with E-state index < -0.39 is 0 Å². The molecule has 0 saturated carbocycles. The summed E-state index contributed by atoms with van der Waals surface area (Å²) in [7, 11) is 0. The summed E-state index contributed by atoms with van der Waals surface area (Å²) in [6, 6.07) is 73.1. The molecule has 0 radical (unpaired) electrons. The Morgan fingerprint density at radius 2 is 0.868 bits per heavy atom. The van der Waals surface area contributed by atoms with E-state index in [2.05, 4.69) is 216 Å². The monoisotopic (exact) mass is 678 g/mol. The quantitative estimate of drug-likeness (QED) is 0.167. The standard InChI is InChI=1S/C50H34N2O/c1-4-15-35(16-5-1)36-27-29-37(30-28-36)38-31-33-41(34-32-38)51(45-24-12-10-21-42(45)39-17-6-2-7-18-39)47-26-14-23-44-48-50(53-49(44)47)43-22-11-13-25-46(43)52(48)40-19-8-3-9-20-40/h1-34H. The largest absolute Gasteiger partial charge is 0.451 e. The van der Waals surface area contributed by atoms with Crippen LogP contribution in [0, 0.1) is 0 Å². The molecule has 250 valence electrons. The second-order valence-corrected chi connectivity index (χ2v) is 13.3. The topological polar surface area (TPSA) is 21.3 Å². The molecule has 0 bridgehead atoms. The number of furan rings is 1. The molecular formula is C50H34N2O. The number of para-hydroxylation sites is 4. The van der Waals surface area contributed by atoms with E-state index >= 15 is 0 Å². The van der Waals surface area contributed by atoms with E-state index in [0.29, 0.717) is 0 Å². The van der Waals surface area contributed by atoms with Crippen molar-refractivity contribution in [2.45, 2.75) is 0 Å². The maximum atomic E-state index is 7.05. The molecule has 2 heterocycles. The van der Waals surface area contributed by atoms with E-state index in [1.54, 1.807) is 0 Å². The van der Waals surface area contributed by atoms with E-state index in [0.717, 1.165) is 72.4 Å². The lowest BCUT2D eigenvalue weighted by atomic mass is 9.99. The van der Waals surface area contributed by atoms with Gasteiger partial charge in [0, 0.05) is 27.7 Å². The zero-order chi connectivity index (χ0) is 35.1. The number of aromatic nitrogens is 1. The van der Waals surface area contributed by atoms with Crippen LogP contribution in [0.2, 0.25) is 0 Å². The lowest BCUT2D eigenvalue weighted by Crippen LogP contribution is -2.11. The molecule has 10 rings (SSSR count). The number of rotatable bonds is 7. The summed E-state index contributed by atoms with van der Waals surface area (Å²) in [6.07, 6.45) is 0. The first kappa shape index (κ1) is 30.7. The minimum absolute atomic E-state index is 0.844. The van der Waals surface area contributed by atoms with E-state index in [1.165, 1.54) is 16.7 Å². The number of fused-ring (bicyclic) bond motifs is 5. The average molecular weight is 679 g/mol. The van der Waals surface area contributed by atoms with Crippen molar-refractivity contribution in [3.8, 4) is 39.1 Å². The van der Waals surface area contributed by atoms with E-state index in [9.17, 15) is 0 Å².